The van der Waals surface area contributed by atoms with Crippen molar-refractivity contribution < 1.29 is 9.53 Å². The van der Waals surface area contributed by atoms with Crippen molar-refractivity contribution >= 4 is 22.6 Å². The number of nitrogens with zero attached hydrogens (tertiary/aromatic N) is 3. The predicted octanol–water partition coefficient (Wildman–Crippen LogP) is 3.04. The fourth-order valence-electron chi connectivity index (χ4n) is 4.18. The lowest BCUT2D eigenvalue weighted by molar-refractivity contribution is -0.116. The minimum Gasteiger partial charge on any atom is -0.370 e. The molecule has 172 valence electrons. The molecule has 8 nitrogen and oxygen atoms in total. The van der Waals surface area contributed by atoms with Gasteiger partial charge in [0, 0.05) is 17.7 Å². The molecule has 1 aliphatic heterocycles. The number of rotatable bonds is 4. The van der Waals surface area contributed by atoms with Crippen LogP contribution in [0.5, 0.6) is 0 Å². The van der Waals surface area contributed by atoms with E-state index in [1.165, 1.54) is 4.57 Å². The summed E-state index contributed by atoms with van der Waals surface area (Å²) in [6, 6.07) is 19.4. The molecule has 1 N–H and O–H groups in total. The molecule has 5 rings (SSSR count). The number of fused-ring (bicyclic) bond motifs is 2. The van der Waals surface area contributed by atoms with Crippen molar-refractivity contribution in [3.05, 3.63) is 98.8 Å². The van der Waals surface area contributed by atoms with Crippen molar-refractivity contribution in [2.75, 3.05) is 5.32 Å². The van der Waals surface area contributed by atoms with E-state index in [0.717, 1.165) is 15.8 Å². The van der Waals surface area contributed by atoms with Crippen LogP contribution in [-0.2, 0) is 29.1 Å². The van der Waals surface area contributed by atoms with Crippen LogP contribution < -0.4 is 16.6 Å². The number of ether oxygens (including phenoxy) is 1. The normalized spacial score (nSPS) is 14.5. The molecule has 4 aromatic rings. The summed E-state index contributed by atoms with van der Waals surface area (Å²) in [5, 5.41) is 3.06. The Morgan fingerprint density at radius 1 is 1.06 bits per heavy atom. The molecule has 0 saturated heterocycles. The third-order valence-corrected chi connectivity index (χ3v) is 5.87. The molecular weight excluding hydrogens is 432 g/mol. The maximum atomic E-state index is 13.6. The van der Waals surface area contributed by atoms with Crippen LogP contribution in [0.3, 0.4) is 0 Å². The van der Waals surface area contributed by atoms with E-state index in [-0.39, 0.29) is 17.6 Å². The Bertz CT molecular complexity index is 1510. The van der Waals surface area contributed by atoms with Crippen LogP contribution in [0.4, 0.5) is 5.69 Å². The molecule has 1 aliphatic rings. The van der Waals surface area contributed by atoms with Gasteiger partial charge in [0.25, 0.3) is 5.56 Å². The summed E-state index contributed by atoms with van der Waals surface area (Å²) in [5.74, 6) is -0.393. The number of amides is 1. The maximum absolute atomic E-state index is 13.6. The standard InChI is InChI=1S/C26H24N4O4/c1-26(2)14-21-17(16-34-26)13-20-23(28-21)29(15-22(31)27-18-9-5-3-6-10-18)25(33)30(24(20)32)19-11-7-4-8-12-19/h3-13H,14-16H2,1-2H3,(H,27,31). The average Bonchev–Trinajstić information content (AvgIpc) is 2.82. The summed E-state index contributed by atoms with van der Waals surface area (Å²) in [5.41, 5.74) is 1.29. The van der Waals surface area contributed by atoms with Crippen molar-refractivity contribution in [2.24, 2.45) is 0 Å². The molecule has 34 heavy (non-hydrogen) atoms. The quantitative estimate of drug-likeness (QED) is 0.509. The van der Waals surface area contributed by atoms with E-state index in [1.807, 2.05) is 32.0 Å². The number of nitrogens with one attached hydrogen (secondary N) is 1. The zero-order chi connectivity index (χ0) is 23.9. The first-order chi connectivity index (χ1) is 16.3. The van der Waals surface area contributed by atoms with E-state index < -0.39 is 22.8 Å². The van der Waals surface area contributed by atoms with Gasteiger partial charge in [-0.25, -0.2) is 14.3 Å². The van der Waals surface area contributed by atoms with Gasteiger partial charge in [-0.05, 0) is 44.2 Å². The van der Waals surface area contributed by atoms with Crippen LogP contribution in [0.15, 0.2) is 76.3 Å². The minimum atomic E-state index is -0.620. The van der Waals surface area contributed by atoms with E-state index in [0.29, 0.717) is 24.4 Å². The molecule has 0 atom stereocenters. The summed E-state index contributed by atoms with van der Waals surface area (Å²) in [6.07, 6.45) is 0.532. The maximum Gasteiger partial charge on any atom is 0.337 e. The highest BCUT2D eigenvalue weighted by atomic mass is 16.5. The van der Waals surface area contributed by atoms with Crippen LogP contribution in [0.1, 0.15) is 25.1 Å². The number of carbonyl (C=O) groups excluding carboxylic acids is 1. The topological polar surface area (TPSA) is 95.2 Å². The van der Waals surface area contributed by atoms with Crippen LogP contribution in [-0.4, -0.2) is 25.6 Å². The highest BCUT2D eigenvalue weighted by Gasteiger charge is 2.29. The van der Waals surface area contributed by atoms with Gasteiger partial charge in [-0.3, -0.25) is 14.2 Å². The van der Waals surface area contributed by atoms with Gasteiger partial charge in [0.15, 0.2) is 0 Å². The van der Waals surface area contributed by atoms with Gasteiger partial charge in [0.1, 0.15) is 12.2 Å². The minimum absolute atomic E-state index is 0.196. The summed E-state index contributed by atoms with van der Waals surface area (Å²) < 4.78 is 8.25. The summed E-state index contributed by atoms with van der Waals surface area (Å²) in [7, 11) is 0. The van der Waals surface area contributed by atoms with Crippen molar-refractivity contribution in [1.29, 1.82) is 0 Å². The number of hydrogen-bond acceptors (Lipinski definition) is 5. The molecule has 2 aromatic heterocycles. The second-order valence-corrected chi connectivity index (χ2v) is 8.95. The van der Waals surface area contributed by atoms with E-state index >= 15 is 0 Å². The highest BCUT2D eigenvalue weighted by molar-refractivity contribution is 5.91. The van der Waals surface area contributed by atoms with Gasteiger partial charge in [-0.2, -0.15) is 0 Å². The molecule has 2 aromatic carbocycles. The largest absolute Gasteiger partial charge is 0.370 e. The first-order valence-electron chi connectivity index (χ1n) is 11.0. The van der Waals surface area contributed by atoms with E-state index in [9.17, 15) is 14.4 Å². The molecule has 3 heterocycles. The van der Waals surface area contributed by atoms with Gasteiger partial charge in [-0.15, -0.1) is 0 Å². The molecule has 0 aliphatic carbocycles. The Morgan fingerprint density at radius 2 is 1.74 bits per heavy atom. The second kappa shape index (κ2) is 8.39. The molecule has 0 saturated carbocycles. The second-order valence-electron chi connectivity index (χ2n) is 8.95. The SMILES string of the molecule is CC1(C)Cc2nc3c(cc2CO1)c(=O)n(-c1ccccc1)c(=O)n3CC(=O)Nc1ccccc1. The van der Waals surface area contributed by atoms with Crippen LogP contribution >= 0.6 is 0 Å². The van der Waals surface area contributed by atoms with Crippen molar-refractivity contribution in [1.82, 2.24) is 14.1 Å². The Balaban J connectivity index is 1.70. The number of aromatic nitrogens is 3. The van der Waals surface area contributed by atoms with Gasteiger partial charge in [-0.1, -0.05) is 36.4 Å². The van der Waals surface area contributed by atoms with Crippen LogP contribution in [0.2, 0.25) is 0 Å². The van der Waals surface area contributed by atoms with Gasteiger partial charge >= 0.3 is 5.69 Å². The smallest absolute Gasteiger partial charge is 0.337 e. The van der Waals surface area contributed by atoms with Crippen molar-refractivity contribution in [3.63, 3.8) is 0 Å². The third-order valence-electron chi connectivity index (χ3n) is 5.87. The number of benzene rings is 2. The monoisotopic (exact) mass is 456 g/mol. The number of hydrogen-bond donors (Lipinski definition) is 1. The highest BCUT2D eigenvalue weighted by Crippen LogP contribution is 2.28. The molecule has 8 heteroatoms. The Morgan fingerprint density at radius 3 is 2.44 bits per heavy atom. The number of pyridine rings is 1. The predicted molar refractivity (Wildman–Crippen MR) is 129 cm³/mol. The van der Waals surface area contributed by atoms with E-state index in [1.54, 1.807) is 48.5 Å². The molecular formula is C26H24N4O4. The van der Waals surface area contributed by atoms with Gasteiger partial charge in [0.2, 0.25) is 5.91 Å². The van der Waals surface area contributed by atoms with Crippen molar-refractivity contribution in [3.8, 4) is 5.69 Å². The Kier molecular flexibility index (Phi) is 5.37. The summed E-state index contributed by atoms with van der Waals surface area (Å²) >= 11 is 0. The lowest BCUT2D eigenvalue weighted by atomic mass is 9.95. The summed E-state index contributed by atoms with van der Waals surface area (Å²) in [4.78, 5) is 44.6. The molecule has 0 fully saturated rings. The Hall–Kier alpha value is -4.04. The van der Waals surface area contributed by atoms with Crippen molar-refractivity contribution in [2.45, 2.75) is 39.0 Å². The van der Waals surface area contributed by atoms with E-state index in [2.05, 4.69) is 5.32 Å². The number of para-hydroxylation sites is 2. The zero-order valence-corrected chi connectivity index (χ0v) is 18.9. The van der Waals surface area contributed by atoms with Gasteiger partial charge in [0.05, 0.1) is 29.0 Å². The lowest BCUT2D eigenvalue weighted by Crippen LogP contribution is -2.42. The first kappa shape index (κ1) is 21.8. The Labute approximate surface area is 195 Å². The molecule has 0 radical (unpaired) electrons. The van der Waals surface area contributed by atoms with Crippen LogP contribution in [0, 0.1) is 0 Å². The number of carbonyl (C=O) groups is 1. The van der Waals surface area contributed by atoms with Crippen LogP contribution in [0.25, 0.3) is 16.7 Å². The molecule has 0 unspecified atom stereocenters. The fraction of sp³-hybridized carbons (Fsp3) is 0.231. The molecule has 0 bridgehead atoms. The first-order valence-corrected chi connectivity index (χ1v) is 11.0. The lowest BCUT2D eigenvalue weighted by Gasteiger charge is -2.31. The van der Waals surface area contributed by atoms with Gasteiger partial charge < -0.3 is 10.1 Å². The fourth-order valence-corrected chi connectivity index (χ4v) is 4.18. The number of anilines is 1. The zero-order valence-electron chi connectivity index (χ0n) is 18.9. The summed E-state index contributed by atoms with van der Waals surface area (Å²) in [6.45, 7) is 3.97. The van der Waals surface area contributed by atoms with E-state index in [4.69, 9.17) is 9.72 Å². The molecule has 0 spiro atoms. The average molecular weight is 457 g/mol. The third kappa shape index (κ3) is 4.04. The molecule has 1 amide bonds.